The Labute approximate surface area is 199 Å². The summed E-state index contributed by atoms with van der Waals surface area (Å²) < 4.78 is 3.80. The molecule has 2 aromatic heterocycles. The summed E-state index contributed by atoms with van der Waals surface area (Å²) >= 11 is 0. The molecular formula is C26H28N8. The van der Waals surface area contributed by atoms with Crippen molar-refractivity contribution < 1.29 is 0 Å². The zero-order valence-corrected chi connectivity index (χ0v) is 19.7. The van der Waals surface area contributed by atoms with E-state index in [1.165, 1.54) is 12.8 Å². The Balaban J connectivity index is 1.55. The number of fused-ring (bicyclic) bond motifs is 1. The van der Waals surface area contributed by atoms with Gasteiger partial charge in [-0.25, -0.2) is 14.4 Å². The topological polar surface area (TPSA) is 108 Å². The average molecular weight is 453 g/mol. The zero-order valence-electron chi connectivity index (χ0n) is 19.7. The number of aromatic nitrogens is 4. The van der Waals surface area contributed by atoms with Gasteiger partial charge in [-0.1, -0.05) is 26.0 Å². The largest absolute Gasteiger partial charge is 0.325 e. The molecule has 3 aromatic rings. The lowest BCUT2D eigenvalue weighted by Crippen LogP contribution is -2.15. The first-order valence-corrected chi connectivity index (χ1v) is 11.7. The monoisotopic (exact) mass is 452 g/mol. The molecule has 0 amide bonds. The number of hydrogen-bond donors (Lipinski definition) is 2. The predicted molar refractivity (Wildman–Crippen MR) is 134 cm³/mol. The van der Waals surface area contributed by atoms with E-state index < -0.39 is 0 Å². The molecule has 5 rings (SSSR count). The number of nitriles is 1. The van der Waals surface area contributed by atoms with Crippen molar-refractivity contribution in [2.45, 2.75) is 52.5 Å². The van der Waals surface area contributed by atoms with E-state index in [9.17, 15) is 0 Å². The van der Waals surface area contributed by atoms with Crippen LogP contribution in [0, 0.1) is 29.6 Å². The molecule has 3 heterocycles. The Morgan fingerprint density at radius 3 is 2.62 bits per heavy atom. The van der Waals surface area contributed by atoms with Crippen molar-refractivity contribution in [1.82, 2.24) is 19.6 Å². The molecular weight excluding hydrogens is 424 g/mol. The standard InChI is InChI=1S/C26H28N8/c1-16(2)22-12-17(3)34(31-22)24-13-23(28)30-26-21(10-11-29-24)25(32-33(26)15-19-4-5-19)20-8-6-18(14-27)7-9-20/h6-9,11-13,16,19H,4-5,10,15H2,1-3H3,(H2,28,30)/b24-13+,29-11-. The van der Waals surface area contributed by atoms with Gasteiger partial charge in [-0.3, -0.25) is 5.41 Å². The Bertz CT molecular complexity index is 1340. The maximum atomic E-state index is 9.17. The lowest BCUT2D eigenvalue weighted by molar-refractivity contribution is 0.571. The summed E-state index contributed by atoms with van der Waals surface area (Å²) in [6.45, 7) is 7.06. The van der Waals surface area contributed by atoms with E-state index in [1.54, 1.807) is 10.8 Å². The quantitative estimate of drug-likeness (QED) is 0.569. The number of nitrogens with one attached hydrogen (secondary N) is 2. The van der Waals surface area contributed by atoms with Gasteiger partial charge in [0.15, 0.2) is 5.82 Å². The van der Waals surface area contributed by atoms with Crippen LogP contribution >= 0.6 is 0 Å². The fraction of sp³-hybridized carbons (Fsp3) is 0.346. The van der Waals surface area contributed by atoms with Crippen LogP contribution in [0.3, 0.4) is 0 Å². The van der Waals surface area contributed by atoms with E-state index >= 15 is 0 Å². The van der Waals surface area contributed by atoms with Crippen LogP contribution in [0.5, 0.6) is 0 Å². The van der Waals surface area contributed by atoms with Gasteiger partial charge in [0.2, 0.25) is 0 Å². The van der Waals surface area contributed by atoms with Gasteiger partial charge in [-0.2, -0.15) is 15.5 Å². The van der Waals surface area contributed by atoms with E-state index in [0.29, 0.717) is 29.6 Å². The minimum atomic E-state index is 0.236. The molecule has 0 spiro atoms. The van der Waals surface area contributed by atoms with Crippen LogP contribution in [-0.4, -0.2) is 31.6 Å². The predicted octanol–water partition coefficient (Wildman–Crippen LogP) is 4.97. The molecule has 0 radical (unpaired) electrons. The van der Waals surface area contributed by atoms with Gasteiger partial charge in [-0.05, 0) is 49.8 Å². The van der Waals surface area contributed by atoms with E-state index in [4.69, 9.17) is 25.9 Å². The first kappa shape index (κ1) is 21.8. The average Bonchev–Trinajstić information content (AvgIpc) is 3.44. The molecule has 0 unspecified atom stereocenters. The normalized spacial score (nSPS) is 18.2. The van der Waals surface area contributed by atoms with Crippen molar-refractivity contribution in [3.8, 4) is 17.3 Å². The summed E-state index contributed by atoms with van der Waals surface area (Å²) in [7, 11) is 0. The summed E-state index contributed by atoms with van der Waals surface area (Å²) in [5.74, 6) is 2.61. The number of aliphatic imine (C=N–C) groups is 1. The Morgan fingerprint density at radius 1 is 1.21 bits per heavy atom. The minimum Gasteiger partial charge on any atom is -0.325 e. The molecule has 2 aliphatic rings. The first-order valence-electron chi connectivity index (χ1n) is 11.7. The highest BCUT2D eigenvalue weighted by Crippen LogP contribution is 2.35. The number of hydrogen-bond acceptors (Lipinski definition) is 5. The van der Waals surface area contributed by atoms with E-state index in [-0.39, 0.29) is 5.84 Å². The number of anilines is 1. The third-order valence-corrected chi connectivity index (χ3v) is 6.23. The molecule has 2 N–H and O–H groups in total. The maximum absolute atomic E-state index is 9.17. The number of nitrogens with zero attached hydrogens (tertiary/aromatic N) is 6. The zero-order chi connectivity index (χ0) is 23.8. The van der Waals surface area contributed by atoms with Crippen LogP contribution < -0.4 is 5.32 Å². The number of rotatable bonds is 5. The van der Waals surface area contributed by atoms with E-state index in [2.05, 4.69) is 31.3 Å². The van der Waals surface area contributed by atoms with Gasteiger partial charge in [0.25, 0.3) is 0 Å². The highest BCUT2D eigenvalue weighted by Gasteiger charge is 2.27. The molecule has 172 valence electrons. The third-order valence-electron chi connectivity index (χ3n) is 6.23. The summed E-state index contributed by atoms with van der Waals surface area (Å²) in [6, 6.07) is 11.7. The molecule has 1 saturated carbocycles. The van der Waals surface area contributed by atoms with E-state index in [0.717, 1.165) is 40.6 Å². The first-order chi connectivity index (χ1) is 16.4. The van der Waals surface area contributed by atoms with Gasteiger partial charge in [0, 0.05) is 42.1 Å². The Hall–Kier alpha value is -3.99. The van der Waals surface area contributed by atoms with Crippen molar-refractivity contribution in [2.75, 3.05) is 5.32 Å². The molecule has 1 aliphatic carbocycles. The number of aryl methyl sites for hydroxylation is 1. The van der Waals surface area contributed by atoms with Crippen molar-refractivity contribution >= 4 is 23.7 Å². The number of benzene rings is 1. The summed E-state index contributed by atoms with van der Waals surface area (Å²) in [5, 5.41) is 30.8. The third kappa shape index (κ3) is 4.29. The van der Waals surface area contributed by atoms with Crippen LogP contribution in [0.25, 0.3) is 17.1 Å². The van der Waals surface area contributed by atoms with Crippen molar-refractivity contribution in [2.24, 2.45) is 10.9 Å². The van der Waals surface area contributed by atoms with Crippen LogP contribution in [0.1, 0.15) is 55.1 Å². The van der Waals surface area contributed by atoms with Crippen molar-refractivity contribution in [1.29, 1.82) is 10.7 Å². The molecule has 0 bridgehead atoms. The Morgan fingerprint density at radius 2 is 1.97 bits per heavy atom. The van der Waals surface area contributed by atoms with Gasteiger partial charge in [-0.15, -0.1) is 0 Å². The lowest BCUT2D eigenvalue weighted by atomic mass is 10.0. The lowest BCUT2D eigenvalue weighted by Gasteiger charge is -2.10. The molecule has 34 heavy (non-hydrogen) atoms. The second-order valence-corrected chi connectivity index (χ2v) is 9.32. The fourth-order valence-corrected chi connectivity index (χ4v) is 4.13. The van der Waals surface area contributed by atoms with E-state index in [1.807, 2.05) is 42.1 Å². The maximum Gasteiger partial charge on any atom is 0.156 e. The molecule has 1 aliphatic heterocycles. The molecule has 0 atom stereocenters. The van der Waals surface area contributed by atoms with Gasteiger partial charge < -0.3 is 5.32 Å². The second kappa shape index (κ2) is 8.75. The van der Waals surface area contributed by atoms with Crippen LogP contribution in [-0.2, 0) is 13.0 Å². The molecule has 8 heteroatoms. The number of amidine groups is 1. The van der Waals surface area contributed by atoms with Crippen LogP contribution in [0.15, 0.2) is 41.4 Å². The highest BCUT2D eigenvalue weighted by molar-refractivity contribution is 6.05. The van der Waals surface area contributed by atoms with Gasteiger partial charge >= 0.3 is 0 Å². The second-order valence-electron chi connectivity index (χ2n) is 9.32. The summed E-state index contributed by atoms with van der Waals surface area (Å²) in [6.07, 6.45) is 6.56. The van der Waals surface area contributed by atoms with Crippen molar-refractivity contribution in [3.05, 3.63) is 58.9 Å². The highest BCUT2D eigenvalue weighted by atomic mass is 15.4. The van der Waals surface area contributed by atoms with Crippen LogP contribution in [0.4, 0.5) is 5.82 Å². The molecule has 1 aromatic carbocycles. The SMILES string of the molecule is Cc1cc(C(C)C)nn1C1=C/C(=N)Nc2c(c(-c3ccc(C#N)cc3)nn2CC2CC2)C/C=N\1. The smallest absolute Gasteiger partial charge is 0.156 e. The van der Waals surface area contributed by atoms with Crippen LogP contribution in [0.2, 0.25) is 0 Å². The Kier molecular flexibility index (Phi) is 5.62. The fourth-order valence-electron chi connectivity index (χ4n) is 4.13. The van der Waals surface area contributed by atoms with Crippen molar-refractivity contribution in [3.63, 3.8) is 0 Å². The molecule has 8 nitrogen and oxygen atoms in total. The van der Waals surface area contributed by atoms with Gasteiger partial charge in [0.1, 0.15) is 11.7 Å². The van der Waals surface area contributed by atoms with Gasteiger partial charge in [0.05, 0.1) is 23.0 Å². The summed E-state index contributed by atoms with van der Waals surface area (Å²) in [4.78, 5) is 4.72. The summed E-state index contributed by atoms with van der Waals surface area (Å²) in [5.41, 5.74) is 5.39. The minimum absolute atomic E-state index is 0.236. The molecule has 0 saturated heterocycles. The molecule has 1 fully saturated rings.